The van der Waals surface area contributed by atoms with Crippen LogP contribution >= 0.6 is 0 Å². The molecule has 1 aromatic heterocycles. The zero-order valence-electron chi connectivity index (χ0n) is 12.9. The van der Waals surface area contributed by atoms with Gasteiger partial charge in [0.1, 0.15) is 0 Å². The van der Waals surface area contributed by atoms with Crippen molar-refractivity contribution in [1.29, 1.82) is 0 Å². The van der Waals surface area contributed by atoms with Gasteiger partial charge < -0.3 is 0 Å². The monoisotopic (exact) mass is 275 g/mol. The molecule has 0 radical (unpaired) electrons. The van der Waals surface area contributed by atoms with Gasteiger partial charge in [-0.05, 0) is 43.2 Å². The second-order valence-electron chi connectivity index (χ2n) is 6.30. The van der Waals surface area contributed by atoms with E-state index < -0.39 is 0 Å². The minimum atomic E-state index is 0.259. The Morgan fingerprint density at radius 1 is 1.30 bits per heavy atom. The lowest BCUT2D eigenvalue weighted by Crippen LogP contribution is -2.35. The van der Waals surface area contributed by atoms with Crippen molar-refractivity contribution in [3.05, 3.63) is 29.6 Å². The molecule has 1 saturated carbocycles. The molecule has 0 aromatic carbocycles. The smallest absolute Gasteiger partial charge is 0.0503 e. The summed E-state index contributed by atoms with van der Waals surface area (Å²) in [5, 5.41) is 0. The van der Waals surface area contributed by atoms with Gasteiger partial charge in [0.25, 0.3) is 0 Å². The predicted molar refractivity (Wildman–Crippen MR) is 84.0 cm³/mol. The molecule has 0 saturated heterocycles. The van der Waals surface area contributed by atoms with Crippen LogP contribution in [0.3, 0.4) is 0 Å². The van der Waals surface area contributed by atoms with Crippen LogP contribution in [0.4, 0.5) is 0 Å². The van der Waals surface area contributed by atoms with Gasteiger partial charge in [-0.2, -0.15) is 0 Å². The van der Waals surface area contributed by atoms with Crippen molar-refractivity contribution in [2.45, 2.75) is 64.8 Å². The number of hydrogen-bond donors (Lipinski definition) is 2. The van der Waals surface area contributed by atoms with Crippen molar-refractivity contribution in [2.24, 2.45) is 17.7 Å². The summed E-state index contributed by atoms with van der Waals surface area (Å²) in [4.78, 5) is 4.40. The molecular formula is C17H29N3. The molecule has 1 atom stereocenters. The number of hydrazine groups is 1. The largest absolute Gasteiger partial charge is 0.271 e. The Labute approximate surface area is 123 Å². The molecule has 1 aliphatic carbocycles. The summed E-state index contributed by atoms with van der Waals surface area (Å²) in [5.41, 5.74) is 5.32. The molecular weight excluding hydrogens is 246 g/mol. The number of aromatic nitrogens is 1. The topological polar surface area (TPSA) is 50.9 Å². The molecule has 1 fully saturated rings. The molecule has 1 aliphatic rings. The molecule has 0 aliphatic heterocycles. The first kappa shape index (κ1) is 15.5. The van der Waals surface area contributed by atoms with Crippen molar-refractivity contribution in [2.75, 3.05) is 0 Å². The van der Waals surface area contributed by atoms with Crippen LogP contribution in [0.1, 0.15) is 69.2 Å². The van der Waals surface area contributed by atoms with E-state index in [9.17, 15) is 0 Å². The number of pyridine rings is 1. The Balaban J connectivity index is 1.91. The van der Waals surface area contributed by atoms with Gasteiger partial charge in [-0.1, -0.05) is 45.1 Å². The van der Waals surface area contributed by atoms with E-state index in [0.29, 0.717) is 5.92 Å². The Bertz CT molecular complexity index is 380. The van der Waals surface area contributed by atoms with Crippen molar-refractivity contribution in [3.8, 4) is 0 Å². The molecule has 1 aromatic rings. The number of nitrogens with two attached hydrogens (primary N) is 1. The zero-order valence-corrected chi connectivity index (χ0v) is 12.9. The first-order valence-corrected chi connectivity index (χ1v) is 8.13. The van der Waals surface area contributed by atoms with Gasteiger partial charge >= 0.3 is 0 Å². The number of aryl methyl sites for hydroxylation is 1. The van der Waals surface area contributed by atoms with Crippen LogP contribution in [0, 0.1) is 18.8 Å². The summed E-state index contributed by atoms with van der Waals surface area (Å²) in [6.07, 6.45) is 11.4. The highest BCUT2D eigenvalue weighted by Crippen LogP contribution is 2.38. The van der Waals surface area contributed by atoms with Gasteiger partial charge in [0.15, 0.2) is 0 Å². The molecule has 3 heteroatoms. The van der Waals surface area contributed by atoms with Crippen molar-refractivity contribution in [3.63, 3.8) is 0 Å². The van der Waals surface area contributed by atoms with E-state index in [0.717, 1.165) is 11.6 Å². The third-order valence-corrected chi connectivity index (χ3v) is 4.80. The lowest BCUT2D eigenvalue weighted by molar-refractivity contribution is 0.213. The Kier molecular flexibility index (Phi) is 5.99. The summed E-state index contributed by atoms with van der Waals surface area (Å²) in [6.45, 7) is 4.30. The third kappa shape index (κ3) is 4.03. The van der Waals surface area contributed by atoms with E-state index in [-0.39, 0.29) is 6.04 Å². The summed E-state index contributed by atoms with van der Waals surface area (Å²) in [7, 11) is 0. The number of hydrogen-bond acceptors (Lipinski definition) is 3. The van der Waals surface area contributed by atoms with Gasteiger partial charge in [0.2, 0.25) is 0 Å². The number of rotatable bonds is 6. The molecule has 112 valence electrons. The second-order valence-corrected chi connectivity index (χ2v) is 6.30. The highest BCUT2D eigenvalue weighted by molar-refractivity contribution is 5.18. The van der Waals surface area contributed by atoms with Crippen LogP contribution in [0.25, 0.3) is 0 Å². The van der Waals surface area contributed by atoms with E-state index >= 15 is 0 Å². The fourth-order valence-electron chi connectivity index (χ4n) is 3.47. The van der Waals surface area contributed by atoms with Crippen LogP contribution in [0.5, 0.6) is 0 Å². The number of unbranched alkanes of at least 4 members (excludes halogenated alkanes) is 1. The maximum atomic E-state index is 5.81. The van der Waals surface area contributed by atoms with Gasteiger partial charge in [-0.3, -0.25) is 16.3 Å². The maximum absolute atomic E-state index is 5.81. The predicted octanol–water partition coefficient (Wildman–Crippen LogP) is 3.89. The Hall–Kier alpha value is -0.930. The van der Waals surface area contributed by atoms with Crippen molar-refractivity contribution >= 4 is 0 Å². The van der Waals surface area contributed by atoms with Crippen LogP contribution in [-0.4, -0.2) is 4.98 Å². The van der Waals surface area contributed by atoms with Gasteiger partial charge in [-0.25, -0.2) is 0 Å². The minimum Gasteiger partial charge on any atom is -0.271 e. The first-order valence-electron chi connectivity index (χ1n) is 8.13. The van der Waals surface area contributed by atoms with Crippen LogP contribution < -0.4 is 11.3 Å². The van der Waals surface area contributed by atoms with E-state index in [4.69, 9.17) is 5.84 Å². The van der Waals surface area contributed by atoms with Crippen LogP contribution in [-0.2, 0) is 0 Å². The fourth-order valence-corrected chi connectivity index (χ4v) is 3.47. The highest BCUT2D eigenvalue weighted by atomic mass is 15.2. The quantitative estimate of drug-likeness (QED) is 0.611. The van der Waals surface area contributed by atoms with E-state index in [1.807, 2.05) is 13.1 Å². The molecule has 0 bridgehead atoms. The standard InChI is InChI=1S/C17H29N3/c1-3-4-5-14-7-10-15(11-8-14)17(20-18)16-9-6-13(2)19-12-16/h6,9,12,14-15,17,20H,3-5,7-8,10-11,18H2,1-2H3. The zero-order chi connectivity index (χ0) is 14.4. The lowest BCUT2D eigenvalue weighted by Gasteiger charge is -2.33. The van der Waals surface area contributed by atoms with Crippen molar-refractivity contribution < 1.29 is 0 Å². The first-order chi connectivity index (χ1) is 9.74. The molecule has 1 unspecified atom stereocenters. The van der Waals surface area contributed by atoms with Gasteiger partial charge in [-0.15, -0.1) is 0 Å². The van der Waals surface area contributed by atoms with Crippen molar-refractivity contribution in [1.82, 2.24) is 10.4 Å². The van der Waals surface area contributed by atoms with E-state index in [1.54, 1.807) is 0 Å². The van der Waals surface area contributed by atoms with Gasteiger partial charge in [0, 0.05) is 11.9 Å². The molecule has 2 rings (SSSR count). The lowest BCUT2D eigenvalue weighted by atomic mass is 9.75. The normalized spacial score (nSPS) is 24.6. The molecule has 0 spiro atoms. The minimum absolute atomic E-state index is 0.259. The third-order valence-electron chi connectivity index (χ3n) is 4.80. The Morgan fingerprint density at radius 2 is 2.05 bits per heavy atom. The highest BCUT2D eigenvalue weighted by Gasteiger charge is 2.27. The SMILES string of the molecule is CCCCC1CCC(C(NN)c2ccc(C)nc2)CC1. The van der Waals surface area contributed by atoms with E-state index in [1.165, 1.54) is 50.5 Å². The molecule has 3 nitrogen and oxygen atoms in total. The number of nitrogens with zero attached hydrogens (tertiary/aromatic N) is 1. The molecule has 1 heterocycles. The summed E-state index contributed by atoms with van der Waals surface area (Å²) < 4.78 is 0. The van der Waals surface area contributed by atoms with Crippen LogP contribution in [0.2, 0.25) is 0 Å². The molecule has 3 N–H and O–H groups in total. The average Bonchev–Trinajstić information content (AvgIpc) is 2.49. The fraction of sp³-hybridized carbons (Fsp3) is 0.706. The van der Waals surface area contributed by atoms with E-state index in [2.05, 4.69) is 29.5 Å². The summed E-state index contributed by atoms with van der Waals surface area (Å²) in [5.74, 6) is 7.41. The molecule has 0 amide bonds. The average molecular weight is 275 g/mol. The Morgan fingerprint density at radius 3 is 2.60 bits per heavy atom. The summed E-state index contributed by atoms with van der Waals surface area (Å²) in [6, 6.07) is 4.50. The maximum Gasteiger partial charge on any atom is 0.0503 e. The number of nitrogens with one attached hydrogen (secondary N) is 1. The van der Waals surface area contributed by atoms with Crippen LogP contribution in [0.15, 0.2) is 18.3 Å². The summed E-state index contributed by atoms with van der Waals surface area (Å²) >= 11 is 0. The van der Waals surface area contributed by atoms with Gasteiger partial charge in [0.05, 0.1) is 6.04 Å². The molecule has 20 heavy (non-hydrogen) atoms. The second kappa shape index (κ2) is 7.75.